The standard InChI is InChI=1S/C19H18O2/c1-12-5-8-17-16(9-12)11-18(21-17)19(20)15-7-6-13-3-2-4-14(13)10-15/h5-11,19-20H,2-4H2,1H3. The molecule has 0 radical (unpaired) electrons. The third-order valence-corrected chi connectivity index (χ3v) is 4.40. The van der Waals surface area contributed by atoms with Crippen molar-refractivity contribution in [3.8, 4) is 0 Å². The van der Waals surface area contributed by atoms with Gasteiger partial charge in [-0.05, 0) is 61.1 Å². The topological polar surface area (TPSA) is 33.4 Å². The molecule has 0 saturated carbocycles. The summed E-state index contributed by atoms with van der Waals surface area (Å²) < 4.78 is 5.81. The number of rotatable bonds is 2. The van der Waals surface area contributed by atoms with Crippen molar-refractivity contribution in [3.63, 3.8) is 0 Å². The van der Waals surface area contributed by atoms with Crippen LogP contribution in [0, 0.1) is 6.92 Å². The molecule has 1 unspecified atom stereocenters. The van der Waals surface area contributed by atoms with E-state index in [1.807, 2.05) is 24.3 Å². The molecule has 0 spiro atoms. The summed E-state index contributed by atoms with van der Waals surface area (Å²) in [7, 11) is 0. The van der Waals surface area contributed by atoms with Crippen molar-refractivity contribution >= 4 is 11.0 Å². The van der Waals surface area contributed by atoms with Crippen molar-refractivity contribution in [1.29, 1.82) is 0 Å². The molecule has 0 fully saturated rings. The first-order chi connectivity index (χ1) is 10.2. The highest BCUT2D eigenvalue weighted by Crippen LogP contribution is 2.31. The zero-order valence-corrected chi connectivity index (χ0v) is 12.1. The van der Waals surface area contributed by atoms with E-state index in [-0.39, 0.29) is 0 Å². The molecule has 2 heteroatoms. The van der Waals surface area contributed by atoms with Gasteiger partial charge in [0.15, 0.2) is 0 Å². The molecular weight excluding hydrogens is 260 g/mol. The van der Waals surface area contributed by atoms with Gasteiger partial charge in [-0.15, -0.1) is 0 Å². The van der Waals surface area contributed by atoms with Crippen LogP contribution in [0.1, 0.15) is 40.5 Å². The third kappa shape index (κ3) is 2.16. The van der Waals surface area contributed by atoms with Gasteiger partial charge in [-0.25, -0.2) is 0 Å². The number of fused-ring (bicyclic) bond motifs is 2. The molecule has 1 aliphatic carbocycles. The van der Waals surface area contributed by atoms with Crippen LogP contribution in [0.2, 0.25) is 0 Å². The van der Waals surface area contributed by atoms with Crippen LogP contribution in [-0.2, 0) is 12.8 Å². The van der Waals surface area contributed by atoms with Crippen molar-refractivity contribution in [3.05, 3.63) is 70.5 Å². The molecule has 1 aromatic heterocycles. The maximum atomic E-state index is 10.6. The highest BCUT2D eigenvalue weighted by molar-refractivity contribution is 5.78. The second-order valence-electron chi connectivity index (χ2n) is 5.97. The smallest absolute Gasteiger partial charge is 0.138 e. The SMILES string of the molecule is Cc1ccc2oc(C(O)c3ccc4c(c3)CCC4)cc2c1. The monoisotopic (exact) mass is 278 g/mol. The fraction of sp³-hybridized carbons (Fsp3) is 0.263. The van der Waals surface area contributed by atoms with Crippen LogP contribution >= 0.6 is 0 Å². The van der Waals surface area contributed by atoms with E-state index >= 15 is 0 Å². The van der Waals surface area contributed by atoms with E-state index in [4.69, 9.17) is 4.42 Å². The molecule has 21 heavy (non-hydrogen) atoms. The van der Waals surface area contributed by atoms with E-state index in [1.54, 1.807) is 0 Å². The number of aliphatic hydroxyl groups is 1. The molecule has 0 bridgehead atoms. The minimum atomic E-state index is -0.691. The molecule has 1 N–H and O–H groups in total. The number of aliphatic hydroxyl groups excluding tert-OH is 1. The van der Waals surface area contributed by atoms with Gasteiger partial charge in [0, 0.05) is 5.39 Å². The van der Waals surface area contributed by atoms with E-state index < -0.39 is 6.10 Å². The zero-order chi connectivity index (χ0) is 14.4. The number of aryl methyl sites for hydroxylation is 3. The van der Waals surface area contributed by atoms with Gasteiger partial charge in [-0.2, -0.15) is 0 Å². The molecule has 2 nitrogen and oxygen atoms in total. The summed E-state index contributed by atoms with van der Waals surface area (Å²) in [4.78, 5) is 0. The molecule has 2 aromatic carbocycles. The Morgan fingerprint density at radius 2 is 1.86 bits per heavy atom. The van der Waals surface area contributed by atoms with Crippen molar-refractivity contribution < 1.29 is 9.52 Å². The van der Waals surface area contributed by atoms with Crippen molar-refractivity contribution in [2.45, 2.75) is 32.3 Å². The summed E-state index contributed by atoms with van der Waals surface area (Å²) in [5.41, 5.74) is 5.74. The summed E-state index contributed by atoms with van der Waals surface area (Å²) in [5, 5.41) is 11.6. The van der Waals surface area contributed by atoms with Crippen molar-refractivity contribution in [1.82, 2.24) is 0 Å². The average Bonchev–Trinajstić information content (AvgIpc) is 3.11. The zero-order valence-electron chi connectivity index (χ0n) is 12.1. The summed E-state index contributed by atoms with van der Waals surface area (Å²) in [5.74, 6) is 0.619. The van der Waals surface area contributed by atoms with Gasteiger partial charge < -0.3 is 9.52 Å². The van der Waals surface area contributed by atoms with E-state index in [1.165, 1.54) is 23.1 Å². The van der Waals surface area contributed by atoms with Gasteiger partial charge in [0.2, 0.25) is 0 Å². The van der Waals surface area contributed by atoms with E-state index in [9.17, 15) is 5.11 Å². The molecule has 0 saturated heterocycles. The number of hydrogen-bond donors (Lipinski definition) is 1. The summed E-state index contributed by atoms with van der Waals surface area (Å²) in [6.45, 7) is 2.06. The Bertz CT molecular complexity index is 814. The van der Waals surface area contributed by atoms with Crippen LogP contribution in [0.3, 0.4) is 0 Å². The lowest BCUT2D eigenvalue weighted by Crippen LogP contribution is -1.99. The van der Waals surface area contributed by atoms with E-state index in [0.29, 0.717) is 5.76 Å². The molecular formula is C19H18O2. The molecule has 0 amide bonds. The quantitative estimate of drug-likeness (QED) is 0.757. The number of benzene rings is 2. The van der Waals surface area contributed by atoms with Crippen molar-refractivity contribution in [2.75, 3.05) is 0 Å². The van der Waals surface area contributed by atoms with Crippen LogP contribution < -0.4 is 0 Å². The predicted octanol–water partition coefficient (Wildman–Crippen LogP) is 4.31. The first-order valence-electron chi connectivity index (χ1n) is 7.50. The molecule has 106 valence electrons. The van der Waals surface area contributed by atoms with Gasteiger partial charge in [0.25, 0.3) is 0 Å². The van der Waals surface area contributed by atoms with Crippen LogP contribution in [0.25, 0.3) is 11.0 Å². The average molecular weight is 278 g/mol. The molecule has 0 aliphatic heterocycles. The highest BCUT2D eigenvalue weighted by atomic mass is 16.4. The minimum absolute atomic E-state index is 0.619. The normalized spacial score (nSPS) is 15.3. The summed E-state index contributed by atoms with van der Waals surface area (Å²) in [6.07, 6.45) is 2.81. The maximum absolute atomic E-state index is 10.6. The fourth-order valence-corrected chi connectivity index (χ4v) is 3.24. The number of furan rings is 1. The van der Waals surface area contributed by atoms with Crippen LogP contribution in [-0.4, -0.2) is 5.11 Å². The first-order valence-corrected chi connectivity index (χ1v) is 7.50. The Morgan fingerprint density at radius 3 is 2.76 bits per heavy atom. The molecule has 1 atom stereocenters. The van der Waals surface area contributed by atoms with E-state index in [0.717, 1.165) is 29.4 Å². The Morgan fingerprint density at radius 1 is 1.00 bits per heavy atom. The maximum Gasteiger partial charge on any atom is 0.138 e. The third-order valence-electron chi connectivity index (χ3n) is 4.40. The largest absolute Gasteiger partial charge is 0.458 e. The second kappa shape index (κ2) is 4.74. The van der Waals surface area contributed by atoms with Crippen LogP contribution in [0.5, 0.6) is 0 Å². The Kier molecular flexibility index (Phi) is 2.86. The van der Waals surface area contributed by atoms with Crippen LogP contribution in [0.15, 0.2) is 46.9 Å². The van der Waals surface area contributed by atoms with Gasteiger partial charge >= 0.3 is 0 Å². The lowest BCUT2D eigenvalue weighted by molar-refractivity contribution is 0.192. The highest BCUT2D eigenvalue weighted by Gasteiger charge is 2.18. The second-order valence-corrected chi connectivity index (χ2v) is 5.97. The molecule has 1 heterocycles. The predicted molar refractivity (Wildman–Crippen MR) is 83.5 cm³/mol. The van der Waals surface area contributed by atoms with E-state index in [2.05, 4.69) is 25.1 Å². The minimum Gasteiger partial charge on any atom is -0.458 e. The lowest BCUT2D eigenvalue weighted by Gasteiger charge is -2.10. The van der Waals surface area contributed by atoms with Crippen LogP contribution in [0.4, 0.5) is 0 Å². The number of hydrogen-bond acceptors (Lipinski definition) is 2. The Balaban J connectivity index is 1.73. The van der Waals surface area contributed by atoms with Gasteiger partial charge in [-0.1, -0.05) is 29.8 Å². The van der Waals surface area contributed by atoms with Gasteiger partial charge in [-0.3, -0.25) is 0 Å². The van der Waals surface area contributed by atoms with Gasteiger partial charge in [0.1, 0.15) is 17.4 Å². The Hall–Kier alpha value is -2.06. The lowest BCUT2D eigenvalue weighted by atomic mass is 10.0. The first kappa shape index (κ1) is 12.7. The molecule has 1 aliphatic rings. The Labute approximate surface area is 124 Å². The fourth-order valence-electron chi connectivity index (χ4n) is 3.24. The molecule has 3 aromatic rings. The van der Waals surface area contributed by atoms with Gasteiger partial charge in [0.05, 0.1) is 0 Å². The van der Waals surface area contributed by atoms with Crippen molar-refractivity contribution in [2.24, 2.45) is 0 Å². The molecule has 4 rings (SSSR count). The summed E-state index contributed by atoms with van der Waals surface area (Å²) >= 11 is 0. The summed E-state index contributed by atoms with van der Waals surface area (Å²) in [6, 6.07) is 14.3.